The Morgan fingerprint density at radius 1 is 1.09 bits per heavy atom. The Hall–Kier alpha value is -2.65. The molecular formula is C24H31ClFN3O4S. The fourth-order valence-corrected chi connectivity index (χ4v) is 4.45. The van der Waals surface area contributed by atoms with E-state index in [1.54, 1.807) is 31.2 Å². The Bertz CT molecular complexity index is 1110. The smallest absolute Gasteiger partial charge is 0.244 e. The number of halogens is 2. The molecule has 0 aliphatic heterocycles. The van der Waals surface area contributed by atoms with Gasteiger partial charge in [-0.3, -0.25) is 13.9 Å². The summed E-state index contributed by atoms with van der Waals surface area (Å²) in [6.45, 7) is 4.97. The fourth-order valence-electron chi connectivity index (χ4n) is 3.42. The Morgan fingerprint density at radius 2 is 1.76 bits per heavy atom. The summed E-state index contributed by atoms with van der Waals surface area (Å²) in [6, 6.07) is 11.0. The van der Waals surface area contributed by atoms with Crippen molar-refractivity contribution in [2.75, 3.05) is 17.1 Å². The molecule has 0 aliphatic rings. The van der Waals surface area contributed by atoms with Crippen LogP contribution in [0.15, 0.2) is 48.5 Å². The van der Waals surface area contributed by atoms with E-state index in [9.17, 15) is 22.4 Å². The van der Waals surface area contributed by atoms with E-state index in [1.165, 1.54) is 23.1 Å². The molecule has 10 heteroatoms. The van der Waals surface area contributed by atoms with E-state index in [1.807, 2.05) is 13.8 Å². The molecule has 2 aromatic rings. The summed E-state index contributed by atoms with van der Waals surface area (Å²) in [4.78, 5) is 27.9. The average Bonchev–Trinajstić information content (AvgIpc) is 2.77. The molecule has 2 atom stereocenters. The summed E-state index contributed by atoms with van der Waals surface area (Å²) < 4.78 is 39.6. The van der Waals surface area contributed by atoms with E-state index in [0.29, 0.717) is 23.4 Å². The Balaban J connectivity index is 2.45. The average molecular weight is 512 g/mol. The molecule has 34 heavy (non-hydrogen) atoms. The lowest BCUT2D eigenvalue weighted by Gasteiger charge is -2.33. The number of amides is 2. The Kier molecular flexibility index (Phi) is 9.88. The fraction of sp³-hybridized carbons (Fsp3) is 0.417. The van der Waals surface area contributed by atoms with Crippen molar-refractivity contribution in [2.45, 2.75) is 52.2 Å². The highest BCUT2D eigenvalue weighted by Gasteiger charge is 2.32. The predicted octanol–water partition coefficient (Wildman–Crippen LogP) is 3.97. The maximum Gasteiger partial charge on any atom is 0.244 e. The zero-order valence-corrected chi connectivity index (χ0v) is 21.4. The molecule has 0 saturated heterocycles. The van der Waals surface area contributed by atoms with Gasteiger partial charge in [0.15, 0.2) is 0 Å². The minimum Gasteiger partial charge on any atom is -0.352 e. The zero-order chi connectivity index (χ0) is 25.5. The van der Waals surface area contributed by atoms with Gasteiger partial charge in [0.05, 0.1) is 11.9 Å². The third-order valence-corrected chi connectivity index (χ3v) is 6.97. The second-order valence-corrected chi connectivity index (χ2v) is 10.4. The van der Waals surface area contributed by atoms with Gasteiger partial charge in [0.2, 0.25) is 21.8 Å². The van der Waals surface area contributed by atoms with Crippen LogP contribution in [0.3, 0.4) is 0 Å². The number of hydrogen-bond donors (Lipinski definition) is 1. The maximum absolute atomic E-state index is 13.8. The molecule has 2 amide bonds. The van der Waals surface area contributed by atoms with Crippen LogP contribution in [0.2, 0.25) is 5.02 Å². The lowest BCUT2D eigenvalue weighted by Crippen LogP contribution is -2.53. The van der Waals surface area contributed by atoms with Crippen molar-refractivity contribution in [2.24, 2.45) is 0 Å². The van der Waals surface area contributed by atoms with Crippen LogP contribution in [0.4, 0.5) is 10.1 Å². The normalized spacial score (nSPS) is 13.1. The molecule has 2 unspecified atom stereocenters. The summed E-state index contributed by atoms with van der Waals surface area (Å²) in [5.41, 5.74) is 0.634. The lowest BCUT2D eigenvalue weighted by atomic mass is 10.1. The summed E-state index contributed by atoms with van der Waals surface area (Å²) in [5, 5.41) is 3.31. The molecule has 2 aromatic carbocycles. The molecule has 0 aromatic heterocycles. The first kappa shape index (κ1) is 27.6. The second kappa shape index (κ2) is 12.2. The minimum atomic E-state index is -3.93. The van der Waals surface area contributed by atoms with Gasteiger partial charge in [0.25, 0.3) is 0 Å². The molecule has 186 valence electrons. The third kappa shape index (κ3) is 7.43. The first-order valence-corrected chi connectivity index (χ1v) is 13.3. The highest BCUT2D eigenvalue weighted by Crippen LogP contribution is 2.22. The van der Waals surface area contributed by atoms with Crippen molar-refractivity contribution in [3.8, 4) is 0 Å². The van der Waals surface area contributed by atoms with Crippen LogP contribution in [-0.4, -0.2) is 50.0 Å². The number of carbonyl (C=O) groups excluding carboxylic acids is 2. The lowest BCUT2D eigenvalue weighted by molar-refractivity contribution is -0.140. The highest BCUT2D eigenvalue weighted by molar-refractivity contribution is 7.92. The van der Waals surface area contributed by atoms with E-state index >= 15 is 0 Å². The number of rotatable bonds is 11. The van der Waals surface area contributed by atoms with Crippen molar-refractivity contribution in [1.82, 2.24) is 10.2 Å². The molecule has 0 aliphatic carbocycles. The number of sulfonamides is 1. The molecule has 0 radical (unpaired) electrons. The van der Waals surface area contributed by atoms with Crippen molar-refractivity contribution in [1.29, 1.82) is 0 Å². The summed E-state index contributed by atoms with van der Waals surface area (Å²) in [5.74, 6) is -1.58. The molecule has 2 rings (SSSR count). The largest absolute Gasteiger partial charge is 0.352 e. The number of anilines is 1. The van der Waals surface area contributed by atoms with Gasteiger partial charge in [-0.2, -0.15) is 0 Å². The molecule has 7 nitrogen and oxygen atoms in total. The Morgan fingerprint density at radius 3 is 2.32 bits per heavy atom. The molecule has 1 N–H and O–H groups in total. The first-order valence-electron chi connectivity index (χ1n) is 11.0. The maximum atomic E-state index is 13.8. The van der Waals surface area contributed by atoms with Crippen LogP contribution >= 0.6 is 11.6 Å². The summed E-state index contributed by atoms with van der Waals surface area (Å²) in [6.07, 6.45) is 1.95. The van der Waals surface area contributed by atoms with Gasteiger partial charge in [-0.15, -0.1) is 0 Å². The molecule has 0 spiro atoms. The predicted molar refractivity (Wildman–Crippen MR) is 133 cm³/mol. The second-order valence-electron chi connectivity index (χ2n) is 8.10. The standard InChI is InChI=1S/C24H31ClFN3O4S/c1-5-17(3)27-24(31)22(6-2)28(15-18-10-7-8-13-21(18)25)23(30)16-29(34(4,32)33)20-12-9-11-19(26)14-20/h7-14,17,22H,5-6,15-16H2,1-4H3,(H,27,31). The van der Waals surface area contributed by atoms with E-state index in [4.69, 9.17) is 11.6 Å². The number of benzene rings is 2. The monoisotopic (exact) mass is 511 g/mol. The van der Waals surface area contributed by atoms with E-state index in [0.717, 1.165) is 16.6 Å². The number of carbonyl (C=O) groups is 2. The van der Waals surface area contributed by atoms with Crippen LogP contribution in [-0.2, 0) is 26.2 Å². The van der Waals surface area contributed by atoms with Crippen LogP contribution in [0, 0.1) is 5.82 Å². The number of hydrogen-bond acceptors (Lipinski definition) is 4. The molecule has 0 heterocycles. The van der Waals surface area contributed by atoms with Crippen LogP contribution in [0.25, 0.3) is 0 Å². The van der Waals surface area contributed by atoms with Gasteiger partial charge in [0.1, 0.15) is 18.4 Å². The van der Waals surface area contributed by atoms with Crippen LogP contribution < -0.4 is 9.62 Å². The van der Waals surface area contributed by atoms with Gasteiger partial charge < -0.3 is 10.2 Å². The van der Waals surface area contributed by atoms with E-state index < -0.39 is 34.3 Å². The quantitative estimate of drug-likeness (QED) is 0.494. The SMILES string of the molecule is CCC(C)NC(=O)C(CC)N(Cc1ccccc1Cl)C(=O)CN(c1cccc(F)c1)S(C)(=O)=O. The minimum absolute atomic E-state index is 0.00565. The topological polar surface area (TPSA) is 86.8 Å². The highest BCUT2D eigenvalue weighted by atomic mass is 35.5. The van der Waals surface area contributed by atoms with Crippen LogP contribution in [0.1, 0.15) is 39.2 Å². The molecule has 0 saturated carbocycles. The van der Waals surface area contributed by atoms with Gasteiger partial charge >= 0.3 is 0 Å². The molecule has 0 bridgehead atoms. The number of nitrogens with zero attached hydrogens (tertiary/aromatic N) is 2. The summed E-state index contributed by atoms with van der Waals surface area (Å²) >= 11 is 6.31. The van der Waals surface area contributed by atoms with Crippen molar-refractivity contribution < 1.29 is 22.4 Å². The van der Waals surface area contributed by atoms with Gasteiger partial charge in [-0.25, -0.2) is 12.8 Å². The van der Waals surface area contributed by atoms with Crippen molar-refractivity contribution >= 4 is 39.1 Å². The first-order chi connectivity index (χ1) is 16.0. The van der Waals surface area contributed by atoms with Crippen molar-refractivity contribution in [3.05, 3.63) is 64.9 Å². The molecule has 0 fully saturated rings. The molecular weight excluding hydrogens is 481 g/mol. The van der Waals surface area contributed by atoms with Crippen LogP contribution in [0.5, 0.6) is 0 Å². The van der Waals surface area contributed by atoms with Gasteiger partial charge in [0, 0.05) is 17.6 Å². The zero-order valence-electron chi connectivity index (χ0n) is 19.8. The van der Waals surface area contributed by atoms with Gasteiger partial charge in [-0.05, 0) is 49.6 Å². The van der Waals surface area contributed by atoms with Crippen molar-refractivity contribution in [3.63, 3.8) is 0 Å². The van der Waals surface area contributed by atoms with Gasteiger partial charge in [-0.1, -0.05) is 49.7 Å². The third-order valence-electron chi connectivity index (χ3n) is 5.46. The summed E-state index contributed by atoms with van der Waals surface area (Å²) in [7, 11) is -3.93. The van der Waals surface area contributed by atoms with E-state index in [-0.39, 0.29) is 24.2 Å². The Labute approximate surface area is 205 Å². The number of nitrogens with one attached hydrogen (secondary N) is 1. The van der Waals surface area contributed by atoms with E-state index in [2.05, 4.69) is 5.32 Å².